The molecule has 1 aliphatic carbocycles. The van der Waals surface area contributed by atoms with Crippen LogP contribution in [0.15, 0.2) is 48.8 Å². The Morgan fingerprint density at radius 3 is 2.51 bits per heavy atom. The average Bonchev–Trinajstić information content (AvgIpc) is 2.82. The van der Waals surface area contributed by atoms with Crippen molar-refractivity contribution in [1.82, 2.24) is 15.0 Å². The topological polar surface area (TPSA) is 97.2 Å². The summed E-state index contributed by atoms with van der Waals surface area (Å²) < 4.78 is 44.8. The highest BCUT2D eigenvalue weighted by Gasteiger charge is 2.30. The molecule has 0 atom stereocenters. The Labute approximate surface area is 200 Å². The number of carboxylic acids is 1. The van der Waals surface area contributed by atoms with Crippen molar-refractivity contribution in [2.75, 3.05) is 11.9 Å². The van der Waals surface area contributed by atoms with Gasteiger partial charge in [0.25, 0.3) is 0 Å². The number of pyridine rings is 3. The number of ether oxygens (including phenoxy) is 1. The first-order chi connectivity index (χ1) is 16.7. The second-order valence-corrected chi connectivity index (χ2v) is 8.72. The number of carbonyl (C=O) groups is 1. The van der Waals surface area contributed by atoms with Crippen molar-refractivity contribution in [2.24, 2.45) is 11.8 Å². The third-order valence-electron chi connectivity index (χ3n) is 6.01. The van der Waals surface area contributed by atoms with E-state index in [2.05, 4.69) is 20.3 Å². The molecule has 0 spiro atoms. The zero-order chi connectivity index (χ0) is 25.0. The van der Waals surface area contributed by atoms with Crippen LogP contribution in [0.4, 0.5) is 24.8 Å². The van der Waals surface area contributed by atoms with E-state index in [0.717, 1.165) is 42.3 Å². The van der Waals surface area contributed by atoms with Crippen molar-refractivity contribution >= 4 is 17.6 Å². The van der Waals surface area contributed by atoms with Gasteiger partial charge in [0.1, 0.15) is 11.6 Å². The van der Waals surface area contributed by atoms with Crippen LogP contribution in [-0.2, 0) is 11.0 Å². The first-order valence-electron chi connectivity index (χ1n) is 11.3. The molecule has 0 saturated heterocycles. The molecular formula is C25H25F3N4O3. The van der Waals surface area contributed by atoms with Crippen LogP contribution in [0.1, 0.15) is 36.8 Å². The van der Waals surface area contributed by atoms with Gasteiger partial charge in [-0.1, -0.05) is 0 Å². The first kappa shape index (κ1) is 24.4. The van der Waals surface area contributed by atoms with Crippen molar-refractivity contribution in [2.45, 2.75) is 38.8 Å². The van der Waals surface area contributed by atoms with Crippen LogP contribution >= 0.6 is 0 Å². The number of nitrogens with zero attached hydrogens (tertiary/aromatic N) is 3. The second kappa shape index (κ2) is 10.3. The van der Waals surface area contributed by atoms with Crippen molar-refractivity contribution in [3.05, 3.63) is 59.9 Å². The maximum atomic E-state index is 13.0. The zero-order valence-corrected chi connectivity index (χ0v) is 19.0. The lowest BCUT2D eigenvalue weighted by molar-refractivity contribution is -0.143. The van der Waals surface area contributed by atoms with Gasteiger partial charge in [0.05, 0.1) is 23.8 Å². The summed E-state index contributed by atoms with van der Waals surface area (Å²) >= 11 is 0. The maximum absolute atomic E-state index is 13.0. The molecule has 3 aromatic heterocycles. The van der Waals surface area contributed by atoms with Gasteiger partial charge in [-0.3, -0.25) is 4.79 Å². The Bertz CT molecular complexity index is 1180. The van der Waals surface area contributed by atoms with E-state index in [0.29, 0.717) is 42.8 Å². The molecular weight excluding hydrogens is 461 g/mol. The Kier molecular flexibility index (Phi) is 7.18. The van der Waals surface area contributed by atoms with Crippen LogP contribution < -0.4 is 10.1 Å². The molecule has 184 valence electrons. The van der Waals surface area contributed by atoms with Crippen LogP contribution in [0.3, 0.4) is 0 Å². The highest BCUT2D eigenvalue weighted by molar-refractivity contribution is 5.70. The molecule has 35 heavy (non-hydrogen) atoms. The Balaban J connectivity index is 1.40. The predicted molar refractivity (Wildman–Crippen MR) is 123 cm³/mol. The minimum absolute atomic E-state index is 0.0446. The van der Waals surface area contributed by atoms with E-state index in [-0.39, 0.29) is 11.7 Å². The summed E-state index contributed by atoms with van der Waals surface area (Å²) in [4.78, 5) is 23.9. The van der Waals surface area contributed by atoms with Crippen molar-refractivity contribution in [3.8, 4) is 17.1 Å². The van der Waals surface area contributed by atoms with Crippen LogP contribution in [0.25, 0.3) is 11.3 Å². The molecule has 0 amide bonds. The van der Waals surface area contributed by atoms with E-state index in [1.807, 2.05) is 19.1 Å². The largest absolute Gasteiger partial charge is 0.481 e. The lowest BCUT2D eigenvalue weighted by Gasteiger charge is -2.25. The molecule has 1 fully saturated rings. The van der Waals surface area contributed by atoms with Gasteiger partial charge >= 0.3 is 12.1 Å². The van der Waals surface area contributed by atoms with Gasteiger partial charge in [0, 0.05) is 24.0 Å². The number of anilines is 2. The number of hydrogen-bond donors (Lipinski definition) is 2. The van der Waals surface area contributed by atoms with E-state index in [1.165, 1.54) is 0 Å². The lowest BCUT2D eigenvalue weighted by Crippen LogP contribution is -2.24. The van der Waals surface area contributed by atoms with E-state index < -0.39 is 17.7 Å². The number of hydrogen-bond acceptors (Lipinski definition) is 6. The summed E-state index contributed by atoms with van der Waals surface area (Å²) in [6.45, 7) is 2.35. The number of halogens is 3. The minimum atomic E-state index is -4.46. The van der Waals surface area contributed by atoms with E-state index >= 15 is 0 Å². The van der Waals surface area contributed by atoms with E-state index in [1.54, 1.807) is 18.3 Å². The van der Waals surface area contributed by atoms with Gasteiger partial charge < -0.3 is 15.2 Å². The summed E-state index contributed by atoms with van der Waals surface area (Å²) in [5.74, 6) is 0.203. The average molecular weight is 486 g/mol. The number of aromatic nitrogens is 3. The van der Waals surface area contributed by atoms with Crippen LogP contribution in [-0.4, -0.2) is 32.6 Å². The minimum Gasteiger partial charge on any atom is -0.481 e. The highest BCUT2D eigenvalue weighted by Crippen LogP contribution is 2.31. The number of aryl methyl sites for hydroxylation is 1. The van der Waals surface area contributed by atoms with Gasteiger partial charge in [0.2, 0.25) is 5.88 Å². The molecule has 10 heteroatoms. The third kappa shape index (κ3) is 6.46. The highest BCUT2D eigenvalue weighted by atomic mass is 19.4. The van der Waals surface area contributed by atoms with Crippen LogP contribution in [0.5, 0.6) is 5.88 Å². The lowest BCUT2D eigenvalue weighted by atomic mass is 9.82. The molecule has 0 aliphatic heterocycles. The summed E-state index contributed by atoms with van der Waals surface area (Å²) in [7, 11) is 0. The van der Waals surface area contributed by atoms with E-state index in [9.17, 15) is 18.0 Å². The van der Waals surface area contributed by atoms with Gasteiger partial charge in [-0.05, 0) is 74.4 Å². The molecule has 2 N–H and O–H groups in total. The van der Waals surface area contributed by atoms with Gasteiger partial charge in [-0.2, -0.15) is 13.2 Å². The first-order valence-corrected chi connectivity index (χ1v) is 11.3. The number of rotatable bonds is 7. The van der Waals surface area contributed by atoms with Crippen molar-refractivity contribution in [3.63, 3.8) is 0 Å². The smallest absolute Gasteiger partial charge is 0.416 e. The molecule has 0 radical (unpaired) electrons. The number of alkyl halides is 3. The molecule has 1 saturated carbocycles. The molecule has 3 heterocycles. The Hall–Kier alpha value is -3.69. The number of nitrogens with one attached hydrogen (secondary N) is 1. The fourth-order valence-electron chi connectivity index (χ4n) is 4.08. The summed E-state index contributed by atoms with van der Waals surface area (Å²) in [6, 6.07) is 8.97. The fourth-order valence-corrected chi connectivity index (χ4v) is 4.08. The van der Waals surface area contributed by atoms with Gasteiger partial charge in [-0.25, -0.2) is 15.0 Å². The zero-order valence-electron chi connectivity index (χ0n) is 19.0. The molecule has 3 aromatic rings. The van der Waals surface area contributed by atoms with Crippen LogP contribution in [0, 0.1) is 18.8 Å². The monoisotopic (exact) mass is 486 g/mol. The molecule has 1 aliphatic rings. The second-order valence-electron chi connectivity index (χ2n) is 8.72. The summed E-state index contributed by atoms with van der Waals surface area (Å²) in [5.41, 5.74) is 1.40. The standard InChI is InChI=1S/C25H25F3N4O3/c1-15-10-20(31-22(11-15)32-21-12-19(8-9-29-21)25(26,27)28)18-6-7-23(30-13-18)35-14-16-2-4-17(5-3-16)24(33)34/h6-13,16-17H,2-5,14H2,1H3,(H,33,34)(H,29,31,32)/t16-,17-. The normalized spacial score (nSPS) is 18.2. The molecule has 4 rings (SSSR count). The summed E-state index contributed by atoms with van der Waals surface area (Å²) in [6.07, 6.45) is 1.24. The SMILES string of the molecule is Cc1cc(Nc2cc(C(F)(F)F)ccn2)nc(-c2ccc(OC[C@H]3CC[C@H](C(=O)O)CC3)nc2)c1. The fraction of sp³-hybridized carbons (Fsp3) is 0.360. The molecule has 7 nitrogen and oxygen atoms in total. The molecule has 0 unspecified atom stereocenters. The maximum Gasteiger partial charge on any atom is 0.416 e. The Morgan fingerprint density at radius 2 is 1.86 bits per heavy atom. The van der Waals surface area contributed by atoms with Gasteiger partial charge in [-0.15, -0.1) is 0 Å². The molecule has 0 aromatic carbocycles. The Morgan fingerprint density at radius 1 is 1.09 bits per heavy atom. The predicted octanol–water partition coefficient (Wildman–Crippen LogP) is 5.88. The van der Waals surface area contributed by atoms with Crippen molar-refractivity contribution < 1.29 is 27.8 Å². The number of carboxylic acid groups (broad SMARTS) is 1. The van der Waals surface area contributed by atoms with Crippen molar-refractivity contribution in [1.29, 1.82) is 0 Å². The van der Waals surface area contributed by atoms with E-state index in [4.69, 9.17) is 9.84 Å². The molecule has 0 bridgehead atoms. The van der Waals surface area contributed by atoms with Crippen LogP contribution in [0.2, 0.25) is 0 Å². The number of aliphatic carboxylic acids is 1. The third-order valence-corrected chi connectivity index (χ3v) is 6.01. The quantitative estimate of drug-likeness (QED) is 0.430. The van der Waals surface area contributed by atoms with Gasteiger partial charge in [0.15, 0.2) is 0 Å². The summed E-state index contributed by atoms with van der Waals surface area (Å²) in [5, 5.41) is 11.9.